The van der Waals surface area contributed by atoms with Crippen molar-refractivity contribution in [3.63, 3.8) is 0 Å². The Morgan fingerprint density at radius 1 is 1.04 bits per heavy atom. The SMILES string of the molecule is Cc1csc(CN(C)c2nc(-c3cccnc3)nc3ccccc23)n1. The van der Waals surface area contributed by atoms with Gasteiger partial charge < -0.3 is 4.90 Å². The van der Waals surface area contributed by atoms with Crippen molar-refractivity contribution in [3.8, 4) is 11.4 Å². The lowest BCUT2D eigenvalue weighted by molar-refractivity contribution is 0.887. The van der Waals surface area contributed by atoms with Crippen LogP contribution in [0.4, 0.5) is 5.82 Å². The summed E-state index contributed by atoms with van der Waals surface area (Å²) in [5, 5.41) is 4.18. The average Bonchev–Trinajstić information content (AvgIpc) is 3.06. The maximum absolute atomic E-state index is 4.83. The van der Waals surface area contributed by atoms with Gasteiger partial charge in [-0.05, 0) is 31.2 Å². The summed E-state index contributed by atoms with van der Waals surface area (Å²) >= 11 is 1.67. The van der Waals surface area contributed by atoms with Gasteiger partial charge in [-0.2, -0.15) is 0 Å². The Morgan fingerprint density at radius 2 is 1.92 bits per heavy atom. The largest absolute Gasteiger partial charge is 0.352 e. The summed E-state index contributed by atoms with van der Waals surface area (Å²) in [6.45, 7) is 2.73. The Kier molecular flexibility index (Phi) is 4.11. The number of anilines is 1. The predicted octanol–water partition coefficient (Wildman–Crippen LogP) is 4.09. The van der Waals surface area contributed by atoms with Gasteiger partial charge in [-0.3, -0.25) is 4.98 Å². The number of aromatic nitrogens is 4. The Bertz CT molecular complexity index is 1010. The third-order valence-electron chi connectivity index (χ3n) is 3.90. The van der Waals surface area contributed by atoms with Crippen molar-refractivity contribution in [1.29, 1.82) is 0 Å². The molecule has 124 valence electrons. The molecule has 3 heterocycles. The second kappa shape index (κ2) is 6.57. The topological polar surface area (TPSA) is 54.8 Å². The van der Waals surface area contributed by atoms with E-state index in [9.17, 15) is 0 Å². The molecule has 0 aliphatic carbocycles. The highest BCUT2D eigenvalue weighted by Gasteiger charge is 2.14. The van der Waals surface area contributed by atoms with E-state index < -0.39 is 0 Å². The van der Waals surface area contributed by atoms with Crippen LogP contribution in [-0.2, 0) is 6.54 Å². The fourth-order valence-corrected chi connectivity index (χ4v) is 3.55. The molecule has 0 amide bonds. The zero-order valence-electron chi connectivity index (χ0n) is 14.0. The lowest BCUT2D eigenvalue weighted by atomic mass is 10.2. The number of para-hydroxylation sites is 1. The number of hydrogen-bond donors (Lipinski definition) is 0. The first-order chi connectivity index (χ1) is 12.2. The molecule has 5 nitrogen and oxygen atoms in total. The molecule has 0 aliphatic heterocycles. The van der Waals surface area contributed by atoms with Gasteiger partial charge in [-0.15, -0.1) is 11.3 Å². The summed E-state index contributed by atoms with van der Waals surface area (Å²) in [5.41, 5.74) is 2.89. The van der Waals surface area contributed by atoms with Crippen LogP contribution in [-0.4, -0.2) is 27.0 Å². The molecular formula is C19H17N5S. The van der Waals surface area contributed by atoms with Crippen LogP contribution >= 0.6 is 11.3 Å². The second-order valence-corrected chi connectivity index (χ2v) is 6.81. The summed E-state index contributed by atoms with van der Waals surface area (Å²) in [5.74, 6) is 1.58. The normalized spacial score (nSPS) is 11.0. The molecule has 0 spiro atoms. The van der Waals surface area contributed by atoms with Crippen LogP contribution in [0.1, 0.15) is 10.7 Å². The molecule has 0 aliphatic rings. The van der Waals surface area contributed by atoms with Crippen molar-refractivity contribution in [3.05, 3.63) is 64.9 Å². The van der Waals surface area contributed by atoms with Gasteiger partial charge in [0.1, 0.15) is 10.8 Å². The van der Waals surface area contributed by atoms with Crippen LogP contribution in [0.3, 0.4) is 0 Å². The molecule has 6 heteroatoms. The van der Waals surface area contributed by atoms with Gasteiger partial charge in [0.2, 0.25) is 0 Å². The number of benzene rings is 1. The number of fused-ring (bicyclic) bond motifs is 1. The highest BCUT2D eigenvalue weighted by molar-refractivity contribution is 7.09. The second-order valence-electron chi connectivity index (χ2n) is 5.87. The molecule has 4 rings (SSSR count). The molecule has 0 radical (unpaired) electrons. The first-order valence-corrected chi connectivity index (χ1v) is 8.88. The smallest absolute Gasteiger partial charge is 0.163 e. The monoisotopic (exact) mass is 347 g/mol. The van der Waals surface area contributed by atoms with Crippen LogP contribution < -0.4 is 4.90 Å². The van der Waals surface area contributed by atoms with E-state index in [1.54, 1.807) is 23.7 Å². The van der Waals surface area contributed by atoms with E-state index in [4.69, 9.17) is 9.97 Å². The summed E-state index contributed by atoms with van der Waals surface area (Å²) in [6, 6.07) is 12.0. The maximum Gasteiger partial charge on any atom is 0.163 e. The van der Waals surface area contributed by atoms with Crippen LogP contribution in [0.25, 0.3) is 22.3 Å². The van der Waals surface area contributed by atoms with E-state index in [1.165, 1.54) is 0 Å². The molecule has 0 saturated heterocycles. The first kappa shape index (κ1) is 15.7. The zero-order valence-corrected chi connectivity index (χ0v) is 14.9. The maximum atomic E-state index is 4.83. The molecule has 0 unspecified atom stereocenters. The van der Waals surface area contributed by atoms with Crippen LogP contribution in [0, 0.1) is 6.92 Å². The minimum absolute atomic E-state index is 0.684. The van der Waals surface area contributed by atoms with Crippen molar-refractivity contribution < 1.29 is 0 Å². The van der Waals surface area contributed by atoms with E-state index in [2.05, 4.69) is 26.3 Å². The minimum Gasteiger partial charge on any atom is -0.352 e. The van der Waals surface area contributed by atoms with E-state index >= 15 is 0 Å². The molecule has 0 bridgehead atoms. The summed E-state index contributed by atoms with van der Waals surface area (Å²) in [4.78, 5) is 20.4. The average molecular weight is 347 g/mol. The molecule has 0 N–H and O–H groups in total. The van der Waals surface area contributed by atoms with Crippen molar-refractivity contribution in [2.24, 2.45) is 0 Å². The summed E-state index contributed by atoms with van der Waals surface area (Å²) in [7, 11) is 2.04. The fourth-order valence-electron chi connectivity index (χ4n) is 2.73. The summed E-state index contributed by atoms with van der Waals surface area (Å²) in [6.07, 6.45) is 3.54. The van der Waals surface area contributed by atoms with Crippen molar-refractivity contribution in [2.45, 2.75) is 13.5 Å². The quantitative estimate of drug-likeness (QED) is 0.556. The third kappa shape index (κ3) is 3.21. The number of nitrogens with zero attached hydrogens (tertiary/aromatic N) is 5. The van der Waals surface area contributed by atoms with E-state index in [1.807, 2.05) is 44.3 Å². The zero-order chi connectivity index (χ0) is 17.2. The number of thiazole rings is 1. The molecular weight excluding hydrogens is 330 g/mol. The Morgan fingerprint density at radius 3 is 2.68 bits per heavy atom. The first-order valence-electron chi connectivity index (χ1n) is 8.00. The molecule has 0 atom stereocenters. The number of pyridine rings is 1. The van der Waals surface area contributed by atoms with Crippen LogP contribution in [0.15, 0.2) is 54.2 Å². The number of rotatable bonds is 4. The van der Waals surface area contributed by atoms with Crippen LogP contribution in [0.5, 0.6) is 0 Å². The molecule has 25 heavy (non-hydrogen) atoms. The highest BCUT2D eigenvalue weighted by atomic mass is 32.1. The van der Waals surface area contributed by atoms with Crippen LogP contribution in [0.2, 0.25) is 0 Å². The van der Waals surface area contributed by atoms with Gasteiger partial charge in [0.25, 0.3) is 0 Å². The molecule has 3 aromatic heterocycles. The molecule has 4 aromatic rings. The molecule has 0 saturated carbocycles. The fraction of sp³-hybridized carbons (Fsp3) is 0.158. The van der Waals surface area contributed by atoms with Gasteiger partial charge >= 0.3 is 0 Å². The molecule has 1 aromatic carbocycles. The Labute approximate surface area is 150 Å². The Balaban J connectivity index is 1.80. The number of hydrogen-bond acceptors (Lipinski definition) is 6. The minimum atomic E-state index is 0.684. The van der Waals surface area contributed by atoms with Gasteiger partial charge in [0.05, 0.1) is 12.1 Å². The Hall–Kier alpha value is -2.86. The van der Waals surface area contributed by atoms with Gasteiger partial charge in [0, 0.05) is 41.5 Å². The predicted molar refractivity (Wildman–Crippen MR) is 102 cm³/mol. The lowest BCUT2D eigenvalue weighted by Crippen LogP contribution is -2.18. The van der Waals surface area contributed by atoms with Gasteiger partial charge in [0.15, 0.2) is 5.82 Å². The standard InChI is InChI=1S/C19H17N5S/c1-13-12-25-17(21-13)11-24(2)19-15-7-3-4-8-16(15)22-18(23-19)14-6-5-9-20-10-14/h3-10,12H,11H2,1-2H3. The summed E-state index contributed by atoms with van der Waals surface area (Å²) < 4.78 is 0. The van der Waals surface area contributed by atoms with Gasteiger partial charge in [-0.1, -0.05) is 12.1 Å². The van der Waals surface area contributed by atoms with E-state index in [0.29, 0.717) is 12.4 Å². The van der Waals surface area contributed by atoms with Crippen molar-refractivity contribution in [1.82, 2.24) is 19.9 Å². The van der Waals surface area contributed by atoms with Crippen molar-refractivity contribution >= 4 is 28.1 Å². The number of aryl methyl sites for hydroxylation is 1. The highest BCUT2D eigenvalue weighted by Crippen LogP contribution is 2.27. The molecule has 0 fully saturated rings. The van der Waals surface area contributed by atoms with E-state index in [0.717, 1.165) is 33.0 Å². The third-order valence-corrected chi connectivity index (χ3v) is 4.85. The van der Waals surface area contributed by atoms with Crippen molar-refractivity contribution in [2.75, 3.05) is 11.9 Å². The van der Waals surface area contributed by atoms with E-state index in [-0.39, 0.29) is 0 Å². The van der Waals surface area contributed by atoms with Gasteiger partial charge in [-0.25, -0.2) is 15.0 Å². The lowest BCUT2D eigenvalue weighted by Gasteiger charge is -2.19.